The maximum absolute atomic E-state index is 13.2. The lowest BCUT2D eigenvalue weighted by Crippen LogP contribution is -2.33. The monoisotopic (exact) mass is 364 g/mol. The SMILES string of the molecule is COc1ccc2[nH]c(C(=O)N(C)C3CCCc4ccccc43)cc2c1OC. The summed E-state index contributed by atoms with van der Waals surface area (Å²) in [5.74, 6) is 1.27. The number of aromatic nitrogens is 1. The molecule has 0 aliphatic heterocycles. The van der Waals surface area contributed by atoms with Crippen LogP contribution in [0.3, 0.4) is 0 Å². The summed E-state index contributed by atoms with van der Waals surface area (Å²) in [5, 5.41) is 0.845. The number of rotatable bonds is 4. The smallest absolute Gasteiger partial charge is 0.270 e. The molecule has 1 aliphatic rings. The molecule has 140 valence electrons. The molecule has 2 aromatic carbocycles. The molecule has 1 aliphatic carbocycles. The summed E-state index contributed by atoms with van der Waals surface area (Å²) in [7, 11) is 5.10. The molecule has 0 saturated heterocycles. The summed E-state index contributed by atoms with van der Waals surface area (Å²) in [5.41, 5.74) is 4.02. The second-order valence-corrected chi connectivity index (χ2v) is 6.97. The van der Waals surface area contributed by atoms with E-state index >= 15 is 0 Å². The fourth-order valence-corrected chi connectivity index (χ4v) is 4.11. The Kier molecular flexibility index (Phi) is 4.52. The number of fused-ring (bicyclic) bond motifs is 2. The van der Waals surface area contributed by atoms with Gasteiger partial charge in [0.25, 0.3) is 5.91 Å². The number of nitrogens with zero attached hydrogens (tertiary/aromatic N) is 1. The Balaban J connectivity index is 1.69. The molecule has 5 nitrogen and oxygen atoms in total. The summed E-state index contributed by atoms with van der Waals surface area (Å²) in [4.78, 5) is 18.3. The highest BCUT2D eigenvalue weighted by molar-refractivity contribution is 6.00. The van der Waals surface area contributed by atoms with Gasteiger partial charge in [-0.25, -0.2) is 0 Å². The zero-order valence-corrected chi connectivity index (χ0v) is 15.9. The summed E-state index contributed by atoms with van der Waals surface area (Å²) < 4.78 is 10.9. The maximum atomic E-state index is 13.2. The van der Waals surface area contributed by atoms with E-state index in [-0.39, 0.29) is 11.9 Å². The third-order valence-electron chi connectivity index (χ3n) is 5.50. The number of benzene rings is 2. The van der Waals surface area contributed by atoms with Gasteiger partial charge >= 0.3 is 0 Å². The van der Waals surface area contributed by atoms with Gasteiger partial charge in [-0.3, -0.25) is 4.79 Å². The molecule has 0 bridgehead atoms. The van der Waals surface area contributed by atoms with Crippen molar-refractivity contribution in [2.75, 3.05) is 21.3 Å². The molecule has 0 saturated carbocycles. The lowest BCUT2D eigenvalue weighted by Gasteiger charge is -2.33. The number of H-pyrrole nitrogens is 1. The number of carbonyl (C=O) groups excluding carboxylic acids is 1. The van der Waals surface area contributed by atoms with Crippen LogP contribution in [0.15, 0.2) is 42.5 Å². The van der Waals surface area contributed by atoms with Crippen LogP contribution < -0.4 is 9.47 Å². The zero-order chi connectivity index (χ0) is 19.0. The van der Waals surface area contributed by atoms with E-state index in [1.165, 1.54) is 11.1 Å². The van der Waals surface area contributed by atoms with Crippen molar-refractivity contribution in [2.45, 2.75) is 25.3 Å². The molecule has 0 radical (unpaired) electrons. The number of aryl methyl sites for hydroxylation is 1. The number of aromatic amines is 1. The third kappa shape index (κ3) is 2.93. The van der Waals surface area contributed by atoms with Crippen LogP contribution in [-0.2, 0) is 6.42 Å². The Labute approximate surface area is 158 Å². The van der Waals surface area contributed by atoms with Crippen molar-refractivity contribution < 1.29 is 14.3 Å². The van der Waals surface area contributed by atoms with Gasteiger partial charge in [0.2, 0.25) is 0 Å². The number of nitrogens with one attached hydrogen (secondary N) is 1. The van der Waals surface area contributed by atoms with Crippen molar-refractivity contribution in [3.05, 3.63) is 59.3 Å². The van der Waals surface area contributed by atoms with Crippen LogP contribution in [0, 0.1) is 0 Å². The van der Waals surface area contributed by atoms with Gasteiger partial charge in [0.1, 0.15) is 5.69 Å². The second kappa shape index (κ2) is 6.99. The molecule has 27 heavy (non-hydrogen) atoms. The molecule has 1 aromatic heterocycles. The van der Waals surface area contributed by atoms with Crippen molar-refractivity contribution in [3.63, 3.8) is 0 Å². The van der Waals surface area contributed by atoms with E-state index in [1.54, 1.807) is 14.2 Å². The van der Waals surface area contributed by atoms with Gasteiger partial charge in [-0.05, 0) is 48.6 Å². The Hall–Kier alpha value is -2.95. The minimum absolute atomic E-state index is 0.0195. The van der Waals surface area contributed by atoms with Crippen LogP contribution in [0.4, 0.5) is 0 Å². The van der Waals surface area contributed by atoms with E-state index in [0.29, 0.717) is 17.2 Å². The van der Waals surface area contributed by atoms with Crippen molar-refractivity contribution in [3.8, 4) is 11.5 Å². The van der Waals surface area contributed by atoms with Crippen molar-refractivity contribution >= 4 is 16.8 Å². The van der Waals surface area contributed by atoms with E-state index in [1.807, 2.05) is 30.1 Å². The fourth-order valence-electron chi connectivity index (χ4n) is 4.11. The number of carbonyl (C=O) groups is 1. The van der Waals surface area contributed by atoms with E-state index in [4.69, 9.17) is 9.47 Å². The lowest BCUT2D eigenvalue weighted by atomic mass is 9.87. The molecular weight excluding hydrogens is 340 g/mol. The predicted molar refractivity (Wildman–Crippen MR) is 106 cm³/mol. The normalized spacial score (nSPS) is 16.0. The predicted octanol–water partition coefficient (Wildman–Crippen LogP) is 4.33. The summed E-state index contributed by atoms with van der Waals surface area (Å²) in [6.07, 6.45) is 3.16. The molecule has 0 spiro atoms. The highest BCUT2D eigenvalue weighted by Crippen LogP contribution is 2.37. The standard InChI is InChI=1S/C22H24N2O3/c1-24(19-10-6-8-14-7-4-5-9-15(14)19)22(25)18-13-16-17(23-18)11-12-20(26-2)21(16)27-3/h4-5,7,9,11-13,19,23H,6,8,10H2,1-3H3. The molecular formula is C22H24N2O3. The highest BCUT2D eigenvalue weighted by Gasteiger charge is 2.28. The van der Waals surface area contributed by atoms with Gasteiger partial charge in [0.05, 0.1) is 25.8 Å². The Morgan fingerprint density at radius 1 is 1.15 bits per heavy atom. The van der Waals surface area contributed by atoms with E-state index in [0.717, 1.165) is 30.2 Å². The van der Waals surface area contributed by atoms with Crippen molar-refractivity contribution in [1.29, 1.82) is 0 Å². The fraction of sp³-hybridized carbons (Fsp3) is 0.318. The van der Waals surface area contributed by atoms with Crippen LogP contribution >= 0.6 is 0 Å². The largest absolute Gasteiger partial charge is 0.493 e. The lowest BCUT2D eigenvalue weighted by molar-refractivity contribution is 0.0710. The molecule has 1 unspecified atom stereocenters. The topological polar surface area (TPSA) is 54.6 Å². The highest BCUT2D eigenvalue weighted by atomic mass is 16.5. The van der Waals surface area contributed by atoms with Gasteiger partial charge < -0.3 is 19.4 Å². The molecule has 3 aromatic rings. The van der Waals surface area contributed by atoms with Crippen molar-refractivity contribution in [1.82, 2.24) is 9.88 Å². The quantitative estimate of drug-likeness (QED) is 0.749. The second-order valence-electron chi connectivity index (χ2n) is 6.97. The number of amides is 1. The summed E-state index contributed by atoms with van der Waals surface area (Å²) in [6.45, 7) is 0. The minimum atomic E-state index is -0.0195. The molecule has 1 N–H and O–H groups in total. The number of hydrogen-bond acceptors (Lipinski definition) is 3. The van der Waals surface area contributed by atoms with Crippen LogP contribution in [-0.4, -0.2) is 37.1 Å². The summed E-state index contributed by atoms with van der Waals surface area (Å²) in [6, 6.07) is 14.1. The van der Waals surface area contributed by atoms with Gasteiger partial charge in [-0.15, -0.1) is 0 Å². The van der Waals surface area contributed by atoms with Crippen LogP contribution in [0.1, 0.15) is 40.5 Å². The van der Waals surface area contributed by atoms with E-state index < -0.39 is 0 Å². The summed E-state index contributed by atoms with van der Waals surface area (Å²) >= 11 is 0. The van der Waals surface area contributed by atoms with Gasteiger partial charge in [0, 0.05) is 12.4 Å². The number of methoxy groups -OCH3 is 2. The first-order valence-electron chi connectivity index (χ1n) is 9.22. The molecule has 0 fully saturated rings. The molecule has 1 amide bonds. The average Bonchev–Trinajstić information content (AvgIpc) is 3.15. The minimum Gasteiger partial charge on any atom is -0.493 e. The number of ether oxygens (including phenoxy) is 2. The van der Waals surface area contributed by atoms with Crippen LogP contribution in [0.5, 0.6) is 11.5 Å². The van der Waals surface area contributed by atoms with Gasteiger partial charge in [0.15, 0.2) is 11.5 Å². The average molecular weight is 364 g/mol. The maximum Gasteiger partial charge on any atom is 0.270 e. The first-order valence-corrected chi connectivity index (χ1v) is 9.22. The number of hydrogen-bond donors (Lipinski definition) is 1. The molecule has 1 atom stereocenters. The first-order chi connectivity index (χ1) is 13.1. The Morgan fingerprint density at radius 2 is 1.96 bits per heavy atom. The Morgan fingerprint density at radius 3 is 2.74 bits per heavy atom. The van der Waals surface area contributed by atoms with Crippen molar-refractivity contribution in [2.24, 2.45) is 0 Å². The zero-order valence-electron chi connectivity index (χ0n) is 15.9. The van der Waals surface area contributed by atoms with Gasteiger partial charge in [-0.2, -0.15) is 0 Å². The molecule has 1 heterocycles. The van der Waals surface area contributed by atoms with Gasteiger partial charge in [-0.1, -0.05) is 24.3 Å². The molecule has 5 heteroatoms. The third-order valence-corrected chi connectivity index (χ3v) is 5.50. The van der Waals surface area contributed by atoms with E-state index in [9.17, 15) is 4.79 Å². The first kappa shape index (κ1) is 17.5. The van der Waals surface area contributed by atoms with E-state index in [2.05, 4.69) is 29.2 Å². The van der Waals surface area contributed by atoms with Crippen LogP contribution in [0.2, 0.25) is 0 Å². The van der Waals surface area contributed by atoms with Crippen LogP contribution in [0.25, 0.3) is 10.9 Å². The Bertz CT molecular complexity index is 992. The molecule has 4 rings (SSSR count).